The van der Waals surface area contributed by atoms with Crippen LogP contribution in [0.1, 0.15) is 17.5 Å². The van der Waals surface area contributed by atoms with Crippen LogP contribution in [-0.2, 0) is 27.3 Å². The predicted molar refractivity (Wildman–Crippen MR) is 137 cm³/mol. The molecule has 0 aliphatic carbocycles. The minimum Gasteiger partial charge on any atom is -0.482 e. The molecule has 1 atom stereocenters. The van der Waals surface area contributed by atoms with Gasteiger partial charge < -0.3 is 19.7 Å². The summed E-state index contributed by atoms with van der Waals surface area (Å²) in [5, 5.41) is 3.30. The molecule has 1 N–H and O–H groups in total. The molecule has 0 heterocycles. The van der Waals surface area contributed by atoms with E-state index in [1.54, 1.807) is 43.5 Å². The molecule has 0 radical (unpaired) electrons. The fourth-order valence-corrected chi connectivity index (χ4v) is 3.86. The van der Waals surface area contributed by atoms with Crippen molar-refractivity contribution < 1.29 is 23.5 Å². The summed E-state index contributed by atoms with van der Waals surface area (Å²) in [4.78, 5) is 28.3. The summed E-state index contributed by atoms with van der Waals surface area (Å²) in [5.41, 5.74) is 1.59. The normalized spacial score (nSPS) is 11.5. The van der Waals surface area contributed by atoms with E-state index in [4.69, 9.17) is 21.1 Å². The maximum Gasteiger partial charge on any atom is 0.261 e. The van der Waals surface area contributed by atoms with Crippen LogP contribution in [0.5, 0.6) is 5.75 Å². The van der Waals surface area contributed by atoms with Crippen molar-refractivity contribution in [1.82, 2.24) is 10.2 Å². The van der Waals surface area contributed by atoms with Gasteiger partial charge >= 0.3 is 0 Å². The van der Waals surface area contributed by atoms with Crippen LogP contribution in [0.3, 0.4) is 0 Å². The van der Waals surface area contributed by atoms with E-state index >= 15 is 0 Å². The Labute approximate surface area is 216 Å². The molecule has 1 unspecified atom stereocenters. The van der Waals surface area contributed by atoms with Gasteiger partial charge in [0.1, 0.15) is 17.6 Å². The van der Waals surface area contributed by atoms with Crippen LogP contribution in [0, 0.1) is 5.82 Å². The van der Waals surface area contributed by atoms with E-state index in [0.717, 1.165) is 5.56 Å². The summed E-state index contributed by atoms with van der Waals surface area (Å²) in [6.07, 6.45) is 0.942. The zero-order valence-electron chi connectivity index (χ0n) is 20.2. The Balaban J connectivity index is 1.87. The van der Waals surface area contributed by atoms with E-state index in [1.807, 2.05) is 30.3 Å². The molecular weight excluding hydrogens is 483 g/mol. The number of nitrogens with one attached hydrogen (secondary N) is 1. The molecule has 190 valence electrons. The summed E-state index contributed by atoms with van der Waals surface area (Å²) in [6.45, 7) is 0.710. The highest BCUT2D eigenvalue weighted by Gasteiger charge is 2.30. The molecule has 0 aromatic heterocycles. The van der Waals surface area contributed by atoms with Gasteiger partial charge in [0, 0.05) is 33.2 Å². The Kier molecular flexibility index (Phi) is 10.7. The second-order valence-electron chi connectivity index (χ2n) is 8.21. The number of benzene rings is 3. The van der Waals surface area contributed by atoms with Crippen molar-refractivity contribution in [2.75, 3.05) is 26.9 Å². The fraction of sp³-hybridized carbons (Fsp3) is 0.286. The molecule has 0 saturated heterocycles. The first-order chi connectivity index (χ1) is 17.5. The summed E-state index contributed by atoms with van der Waals surface area (Å²) >= 11 is 6.18. The van der Waals surface area contributed by atoms with Crippen molar-refractivity contribution in [2.24, 2.45) is 0 Å². The standard InChI is InChI=1S/C28H30ClFN2O4/c1-35-17-7-16-31-28(34)25(18-21-8-3-2-4-9-21)32(19-22-12-14-23(30)15-13-22)27(33)20-36-26-11-6-5-10-24(26)29/h2-6,8-15,25H,7,16-20H2,1H3,(H,31,34). The number of halogens is 2. The lowest BCUT2D eigenvalue weighted by atomic mass is 10.0. The zero-order chi connectivity index (χ0) is 25.8. The zero-order valence-corrected chi connectivity index (χ0v) is 20.9. The number of ether oxygens (including phenoxy) is 2. The van der Waals surface area contributed by atoms with Crippen LogP contribution in [0.2, 0.25) is 5.02 Å². The Morgan fingerprint density at radius 2 is 1.67 bits per heavy atom. The second-order valence-corrected chi connectivity index (χ2v) is 8.62. The largest absolute Gasteiger partial charge is 0.482 e. The van der Waals surface area contributed by atoms with Gasteiger partial charge in [-0.2, -0.15) is 0 Å². The third-order valence-corrected chi connectivity index (χ3v) is 5.86. The summed E-state index contributed by atoms with van der Waals surface area (Å²) in [5.74, 6) is -0.691. The molecule has 3 rings (SSSR count). The molecule has 0 aliphatic rings. The van der Waals surface area contributed by atoms with E-state index in [0.29, 0.717) is 42.3 Å². The topological polar surface area (TPSA) is 67.9 Å². The van der Waals surface area contributed by atoms with Gasteiger partial charge in [-0.1, -0.05) is 66.2 Å². The van der Waals surface area contributed by atoms with Crippen LogP contribution in [0.15, 0.2) is 78.9 Å². The quantitative estimate of drug-likeness (QED) is 0.338. The lowest BCUT2D eigenvalue weighted by Crippen LogP contribution is -2.52. The Morgan fingerprint density at radius 1 is 0.972 bits per heavy atom. The fourth-order valence-electron chi connectivity index (χ4n) is 3.67. The molecule has 0 saturated carbocycles. The van der Waals surface area contributed by atoms with Crippen molar-refractivity contribution in [3.05, 3.63) is 101 Å². The van der Waals surface area contributed by atoms with Crippen LogP contribution < -0.4 is 10.1 Å². The molecule has 0 aliphatic heterocycles. The van der Waals surface area contributed by atoms with E-state index in [9.17, 15) is 14.0 Å². The van der Waals surface area contributed by atoms with Gasteiger partial charge in [-0.25, -0.2) is 4.39 Å². The van der Waals surface area contributed by atoms with Gasteiger partial charge in [-0.3, -0.25) is 9.59 Å². The number of hydrogen-bond acceptors (Lipinski definition) is 4. The molecule has 36 heavy (non-hydrogen) atoms. The van der Waals surface area contributed by atoms with Crippen LogP contribution in [0.25, 0.3) is 0 Å². The average molecular weight is 513 g/mol. The number of carbonyl (C=O) groups excluding carboxylic acids is 2. The number of hydrogen-bond donors (Lipinski definition) is 1. The highest BCUT2D eigenvalue weighted by atomic mass is 35.5. The number of amides is 2. The minimum atomic E-state index is -0.817. The van der Waals surface area contributed by atoms with E-state index in [2.05, 4.69) is 5.32 Å². The Hall–Kier alpha value is -3.42. The SMILES string of the molecule is COCCCNC(=O)C(Cc1ccccc1)N(Cc1ccc(F)cc1)C(=O)COc1ccccc1Cl. The lowest BCUT2D eigenvalue weighted by molar-refractivity contribution is -0.142. The van der Waals surface area contributed by atoms with Crippen molar-refractivity contribution in [2.45, 2.75) is 25.4 Å². The van der Waals surface area contributed by atoms with Gasteiger partial charge in [0.15, 0.2) is 6.61 Å². The van der Waals surface area contributed by atoms with Gasteiger partial charge in [-0.05, 0) is 41.8 Å². The molecule has 0 spiro atoms. The molecular formula is C28H30ClFN2O4. The first-order valence-electron chi connectivity index (χ1n) is 11.7. The molecule has 2 amide bonds. The van der Waals surface area contributed by atoms with Crippen LogP contribution in [-0.4, -0.2) is 49.6 Å². The molecule has 0 fully saturated rings. The maximum absolute atomic E-state index is 13.5. The maximum atomic E-state index is 13.5. The number of methoxy groups -OCH3 is 1. The van der Waals surface area contributed by atoms with E-state index in [1.165, 1.54) is 17.0 Å². The number of nitrogens with zero attached hydrogens (tertiary/aromatic N) is 1. The van der Waals surface area contributed by atoms with Crippen molar-refractivity contribution in [3.63, 3.8) is 0 Å². The third kappa shape index (κ3) is 8.36. The third-order valence-electron chi connectivity index (χ3n) is 5.55. The van der Waals surface area contributed by atoms with E-state index in [-0.39, 0.29) is 24.9 Å². The van der Waals surface area contributed by atoms with Gasteiger partial charge in [-0.15, -0.1) is 0 Å². The monoisotopic (exact) mass is 512 g/mol. The first kappa shape index (κ1) is 27.2. The number of rotatable bonds is 13. The van der Waals surface area contributed by atoms with Crippen LogP contribution in [0.4, 0.5) is 4.39 Å². The van der Waals surface area contributed by atoms with Crippen molar-refractivity contribution in [3.8, 4) is 5.75 Å². The first-order valence-corrected chi connectivity index (χ1v) is 12.1. The van der Waals surface area contributed by atoms with Crippen LogP contribution >= 0.6 is 11.6 Å². The molecule has 0 bridgehead atoms. The molecule has 3 aromatic rings. The number of para-hydroxylation sites is 1. The van der Waals surface area contributed by atoms with Gasteiger partial charge in [0.25, 0.3) is 5.91 Å². The summed E-state index contributed by atoms with van der Waals surface area (Å²) in [7, 11) is 1.60. The Morgan fingerprint density at radius 3 is 2.36 bits per heavy atom. The van der Waals surface area contributed by atoms with Crippen molar-refractivity contribution in [1.29, 1.82) is 0 Å². The lowest BCUT2D eigenvalue weighted by Gasteiger charge is -2.31. The number of carbonyl (C=O) groups is 2. The van der Waals surface area contributed by atoms with Gasteiger partial charge in [0.05, 0.1) is 5.02 Å². The van der Waals surface area contributed by atoms with Crippen molar-refractivity contribution >= 4 is 23.4 Å². The smallest absolute Gasteiger partial charge is 0.261 e. The summed E-state index contributed by atoms with van der Waals surface area (Å²) in [6, 6.07) is 21.4. The van der Waals surface area contributed by atoms with E-state index < -0.39 is 11.9 Å². The highest BCUT2D eigenvalue weighted by Crippen LogP contribution is 2.23. The summed E-state index contributed by atoms with van der Waals surface area (Å²) < 4.78 is 24.3. The average Bonchev–Trinajstić information content (AvgIpc) is 2.89. The molecule has 3 aromatic carbocycles. The molecule has 8 heteroatoms. The van der Waals surface area contributed by atoms with Gasteiger partial charge in [0.2, 0.25) is 5.91 Å². The predicted octanol–water partition coefficient (Wildman–Crippen LogP) is 4.65. The Bertz CT molecular complexity index is 1110. The second kappa shape index (κ2) is 14.2. The highest BCUT2D eigenvalue weighted by molar-refractivity contribution is 6.32. The molecule has 6 nitrogen and oxygen atoms in total. The minimum absolute atomic E-state index is 0.105.